The number of fused-ring (bicyclic) bond motifs is 1. The van der Waals surface area contributed by atoms with Crippen molar-refractivity contribution in [2.24, 2.45) is 0 Å². The number of hydrogen-bond acceptors (Lipinski definition) is 3. The van der Waals surface area contributed by atoms with Gasteiger partial charge < -0.3 is 5.32 Å². The second-order valence-corrected chi connectivity index (χ2v) is 6.04. The molecule has 0 saturated carbocycles. The van der Waals surface area contributed by atoms with Crippen molar-refractivity contribution in [1.82, 2.24) is 20.1 Å². The molecule has 2 aromatic heterocycles. The Morgan fingerprint density at radius 1 is 1.21 bits per heavy atom. The summed E-state index contributed by atoms with van der Waals surface area (Å²) in [6, 6.07) is 7.91. The van der Waals surface area contributed by atoms with Gasteiger partial charge in [0.05, 0.1) is 17.8 Å². The van der Waals surface area contributed by atoms with Gasteiger partial charge in [-0.25, -0.2) is 14.1 Å². The molecule has 3 rings (SSSR count). The number of benzene rings is 1. The predicted octanol–water partition coefficient (Wildman–Crippen LogP) is 3.64. The molecule has 3 aromatic rings. The number of rotatable bonds is 4. The topological polar surface area (TPSA) is 59.8 Å². The van der Waals surface area contributed by atoms with E-state index in [1.807, 2.05) is 13.8 Å². The van der Waals surface area contributed by atoms with Gasteiger partial charge in [0.25, 0.3) is 5.91 Å². The molecule has 0 aliphatic carbocycles. The highest BCUT2D eigenvalue weighted by atomic mass is 19.1. The van der Waals surface area contributed by atoms with E-state index in [2.05, 4.69) is 15.4 Å². The van der Waals surface area contributed by atoms with Crippen LogP contribution in [0, 0.1) is 5.82 Å². The Labute approximate surface area is 139 Å². The minimum absolute atomic E-state index is 0.191. The number of nitrogens with one attached hydrogen (secondary N) is 1. The van der Waals surface area contributed by atoms with E-state index >= 15 is 0 Å². The minimum Gasteiger partial charge on any atom is -0.345 e. The first-order chi connectivity index (χ1) is 11.5. The Hall–Kier alpha value is -2.76. The largest absolute Gasteiger partial charge is 0.345 e. The summed E-state index contributed by atoms with van der Waals surface area (Å²) in [7, 11) is 0. The summed E-state index contributed by atoms with van der Waals surface area (Å²) in [6.07, 6.45) is 3.21. The molecule has 124 valence electrons. The summed E-state index contributed by atoms with van der Waals surface area (Å²) in [5.74, 6) is -0.630. The number of hydrogen-bond donors (Lipinski definition) is 1. The summed E-state index contributed by atoms with van der Waals surface area (Å²) < 4.78 is 15.6. The summed E-state index contributed by atoms with van der Waals surface area (Å²) in [5.41, 5.74) is 1.62. The molecule has 6 heteroatoms. The van der Waals surface area contributed by atoms with Crippen LogP contribution in [0.3, 0.4) is 0 Å². The molecule has 0 radical (unpaired) electrons. The van der Waals surface area contributed by atoms with E-state index in [1.165, 1.54) is 12.3 Å². The first-order valence-electron chi connectivity index (χ1n) is 7.86. The Bertz CT molecular complexity index is 888. The third-order valence-electron chi connectivity index (χ3n) is 3.90. The smallest absolute Gasteiger partial charge is 0.253 e. The van der Waals surface area contributed by atoms with E-state index < -0.39 is 6.04 Å². The van der Waals surface area contributed by atoms with Gasteiger partial charge >= 0.3 is 0 Å². The summed E-state index contributed by atoms with van der Waals surface area (Å²) in [6.45, 7) is 5.79. The molecule has 1 atom stereocenters. The Balaban J connectivity index is 1.82. The highest BCUT2D eigenvalue weighted by Crippen LogP contribution is 2.19. The van der Waals surface area contributed by atoms with Gasteiger partial charge in [0.15, 0.2) is 5.65 Å². The molecular formula is C18H19FN4O. The lowest BCUT2D eigenvalue weighted by Gasteiger charge is -2.15. The average molecular weight is 326 g/mol. The highest BCUT2D eigenvalue weighted by Gasteiger charge is 2.16. The van der Waals surface area contributed by atoms with Crippen LogP contribution in [-0.4, -0.2) is 20.7 Å². The van der Waals surface area contributed by atoms with Gasteiger partial charge in [0, 0.05) is 23.2 Å². The molecule has 0 aliphatic rings. The van der Waals surface area contributed by atoms with Crippen LogP contribution in [0.1, 0.15) is 48.8 Å². The molecule has 24 heavy (non-hydrogen) atoms. The fraction of sp³-hybridized carbons (Fsp3) is 0.278. The van der Waals surface area contributed by atoms with Gasteiger partial charge in [0.1, 0.15) is 5.82 Å². The van der Waals surface area contributed by atoms with Crippen molar-refractivity contribution < 1.29 is 9.18 Å². The Morgan fingerprint density at radius 2 is 1.96 bits per heavy atom. The quantitative estimate of drug-likeness (QED) is 0.796. The number of carbonyl (C=O) groups excluding carboxylic acids is 1. The third-order valence-corrected chi connectivity index (χ3v) is 3.90. The minimum atomic E-state index is -0.437. The monoisotopic (exact) mass is 326 g/mol. The maximum absolute atomic E-state index is 13.8. The van der Waals surface area contributed by atoms with E-state index in [0.29, 0.717) is 11.1 Å². The zero-order valence-corrected chi connectivity index (χ0v) is 13.8. The number of amides is 1. The van der Waals surface area contributed by atoms with Crippen LogP contribution in [0.25, 0.3) is 11.0 Å². The summed E-state index contributed by atoms with van der Waals surface area (Å²) in [5, 5.41) is 7.89. The van der Waals surface area contributed by atoms with Crippen molar-refractivity contribution in [3.8, 4) is 0 Å². The van der Waals surface area contributed by atoms with Gasteiger partial charge in [-0.2, -0.15) is 5.10 Å². The Kier molecular flexibility index (Phi) is 4.29. The van der Waals surface area contributed by atoms with Crippen LogP contribution in [-0.2, 0) is 0 Å². The summed E-state index contributed by atoms with van der Waals surface area (Å²) in [4.78, 5) is 16.8. The number of carbonyl (C=O) groups is 1. The highest BCUT2D eigenvalue weighted by molar-refractivity contribution is 5.97. The van der Waals surface area contributed by atoms with E-state index in [-0.39, 0.29) is 17.8 Å². The lowest BCUT2D eigenvalue weighted by molar-refractivity contribution is 0.0939. The number of aromatic nitrogens is 3. The molecule has 1 amide bonds. The van der Waals surface area contributed by atoms with Crippen molar-refractivity contribution in [1.29, 1.82) is 0 Å². The normalized spacial score (nSPS) is 12.5. The fourth-order valence-electron chi connectivity index (χ4n) is 2.63. The first-order valence-corrected chi connectivity index (χ1v) is 7.86. The molecule has 1 unspecified atom stereocenters. The molecule has 1 aromatic carbocycles. The van der Waals surface area contributed by atoms with Crippen LogP contribution in [0.4, 0.5) is 4.39 Å². The second kappa shape index (κ2) is 6.39. The zero-order valence-electron chi connectivity index (χ0n) is 13.8. The predicted molar refractivity (Wildman–Crippen MR) is 90.2 cm³/mol. The van der Waals surface area contributed by atoms with Crippen molar-refractivity contribution in [3.63, 3.8) is 0 Å². The van der Waals surface area contributed by atoms with Crippen LogP contribution >= 0.6 is 0 Å². The molecule has 5 nitrogen and oxygen atoms in total. The van der Waals surface area contributed by atoms with Gasteiger partial charge in [-0.05, 0) is 32.9 Å². The molecule has 2 heterocycles. The van der Waals surface area contributed by atoms with Gasteiger partial charge in [0.2, 0.25) is 0 Å². The SMILES string of the molecule is CC(NC(=O)c1cnc2c(cnn2C(C)C)c1)c1ccccc1F. The number of pyridine rings is 1. The van der Waals surface area contributed by atoms with Crippen molar-refractivity contribution >= 4 is 16.9 Å². The van der Waals surface area contributed by atoms with Gasteiger partial charge in [-0.15, -0.1) is 0 Å². The number of nitrogens with zero attached hydrogens (tertiary/aromatic N) is 3. The van der Waals surface area contributed by atoms with Crippen LogP contribution in [0.2, 0.25) is 0 Å². The number of halogens is 1. The molecule has 0 fully saturated rings. The maximum atomic E-state index is 13.8. The van der Waals surface area contributed by atoms with Crippen molar-refractivity contribution in [3.05, 3.63) is 59.7 Å². The molecule has 0 bridgehead atoms. The lowest BCUT2D eigenvalue weighted by Crippen LogP contribution is -2.27. The van der Waals surface area contributed by atoms with Crippen LogP contribution < -0.4 is 5.32 Å². The molecule has 1 N–H and O–H groups in total. The zero-order chi connectivity index (χ0) is 17.3. The van der Waals surface area contributed by atoms with E-state index in [1.54, 1.807) is 42.1 Å². The standard InChI is InChI=1S/C18H19FN4O/c1-11(2)23-17-13(10-21-23)8-14(9-20-17)18(24)22-12(3)15-6-4-5-7-16(15)19/h4-12H,1-3H3,(H,22,24). The first kappa shape index (κ1) is 16.1. The van der Waals surface area contributed by atoms with Crippen molar-refractivity contribution in [2.75, 3.05) is 0 Å². The third kappa shape index (κ3) is 2.99. The molecule has 0 spiro atoms. The van der Waals surface area contributed by atoms with Gasteiger partial charge in [-0.1, -0.05) is 18.2 Å². The maximum Gasteiger partial charge on any atom is 0.253 e. The fourth-order valence-corrected chi connectivity index (χ4v) is 2.63. The van der Waals surface area contributed by atoms with Crippen LogP contribution in [0.5, 0.6) is 0 Å². The lowest BCUT2D eigenvalue weighted by atomic mass is 10.1. The van der Waals surface area contributed by atoms with E-state index in [4.69, 9.17) is 0 Å². The molecular weight excluding hydrogens is 307 g/mol. The van der Waals surface area contributed by atoms with Crippen molar-refractivity contribution in [2.45, 2.75) is 32.9 Å². The van der Waals surface area contributed by atoms with Crippen LogP contribution in [0.15, 0.2) is 42.7 Å². The molecule has 0 saturated heterocycles. The second-order valence-electron chi connectivity index (χ2n) is 6.04. The molecule has 0 aliphatic heterocycles. The van der Waals surface area contributed by atoms with E-state index in [9.17, 15) is 9.18 Å². The van der Waals surface area contributed by atoms with E-state index in [0.717, 1.165) is 11.0 Å². The Morgan fingerprint density at radius 3 is 2.67 bits per heavy atom. The summed E-state index contributed by atoms with van der Waals surface area (Å²) >= 11 is 0. The van der Waals surface area contributed by atoms with Gasteiger partial charge in [-0.3, -0.25) is 4.79 Å². The average Bonchev–Trinajstić information content (AvgIpc) is 2.98.